The van der Waals surface area contributed by atoms with Crippen molar-refractivity contribution in [1.29, 1.82) is 0 Å². The van der Waals surface area contributed by atoms with Crippen LogP contribution in [0.1, 0.15) is 16.7 Å². The molecule has 0 saturated heterocycles. The zero-order valence-electron chi connectivity index (χ0n) is 12.4. The molecule has 0 saturated carbocycles. The van der Waals surface area contributed by atoms with E-state index in [0.717, 1.165) is 22.5 Å². The molecule has 0 heterocycles. The van der Waals surface area contributed by atoms with E-state index in [2.05, 4.69) is 65.9 Å². The van der Waals surface area contributed by atoms with Crippen LogP contribution in [-0.2, 0) is 6.54 Å². The van der Waals surface area contributed by atoms with E-state index < -0.39 is 0 Å². The van der Waals surface area contributed by atoms with Gasteiger partial charge in [0.25, 0.3) is 0 Å². The Morgan fingerprint density at radius 2 is 1.90 bits per heavy atom. The molecule has 0 fully saturated rings. The Morgan fingerprint density at radius 3 is 2.52 bits per heavy atom. The van der Waals surface area contributed by atoms with Crippen molar-refractivity contribution in [3.63, 3.8) is 0 Å². The summed E-state index contributed by atoms with van der Waals surface area (Å²) in [5, 5.41) is 3.48. The van der Waals surface area contributed by atoms with Crippen molar-refractivity contribution in [2.45, 2.75) is 20.4 Å². The van der Waals surface area contributed by atoms with Crippen LogP contribution in [0.5, 0.6) is 5.75 Å². The molecule has 0 aliphatic rings. The number of aryl methyl sites for hydroxylation is 2. The third kappa shape index (κ3) is 4.36. The summed E-state index contributed by atoms with van der Waals surface area (Å²) >= 11 is 3.62. The third-order valence-electron chi connectivity index (χ3n) is 3.19. The van der Waals surface area contributed by atoms with Gasteiger partial charge in [-0.3, -0.25) is 0 Å². The van der Waals surface area contributed by atoms with E-state index >= 15 is 0 Å². The maximum absolute atomic E-state index is 5.48. The SMILES string of the molecule is C=CCOc1ccc(CNc2c(C)cc(C)cc2Br)cc1. The molecule has 110 valence electrons. The van der Waals surface area contributed by atoms with Crippen LogP contribution in [0.3, 0.4) is 0 Å². The highest BCUT2D eigenvalue weighted by Gasteiger charge is 2.04. The van der Waals surface area contributed by atoms with E-state index in [1.54, 1.807) is 6.08 Å². The molecule has 0 amide bonds. The first-order chi connectivity index (χ1) is 10.1. The normalized spacial score (nSPS) is 10.2. The zero-order chi connectivity index (χ0) is 15.2. The maximum atomic E-state index is 5.48. The Morgan fingerprint density at radius 1 is 1.19 bits per heavy atom. The predicted octanol–water partition coefficient (Wildman–Crippen LogP) is 5.24. The molecule has 0 radical (unpaired) electrons. The molecule has 2 rings (SSSR count). The fraction of sp³-hybridized carbons (Fsp3) is 0.222. The summed E-state index contributed by atoms with van der Waals surface area (Å²) in [5.74, 6) is 0.867. The number of hydrogen-bond donors (Lipinski definition) is 1. The number of nitrogens with one attached hydrogen (secondary N) is 1. The van der Waals surface area contributed by atoms with E-state index in [1.807, 2.05) is 12.1 Å². The lowest BCUT2D eigenvalue weighted by molar-refractivity contribution is 0.363. The fourth-order valence-corrected chi connectivity index (χ4v) is 3.00. The second kappa shape index (κ2) is 7.32. The van der Waals surface area contributed by atoms with Crippen LogP contribution in [-0.4, -0.2) is 6.61 Å². The Kier molecular flexibility index (Phi) is 5.45. The van der Waals surface area contributed by atoms with Gasteiger partial charge in [0.05, 0.1) is 5.69 Å². The number of hydrogen-bond acceptors (Lipinski definition) is 2. The fourth-order valence-electron chi connectivity index (χ4n) is 2.19. The van der Waals surface area contributed by atoms with Gasteiger partial charge in [0.2, 0.25) is 0 Å². The summed E-state index contributed by atoms with van der Waals surface area (Å²) in [4.78, 5) is 0. The van der Waals surface area contributed by atoms with Gasteiger partial charge < -0.3 is 10.1 Å². The van der Waals surface area contributed by atoms with Gasteiger partial charge in [-0.05, 0) is 64.7 Å². The van der Waals surface area contributed by atoms with Gasteiger partial charge in [-0.15, -0.1) is 0 Å². The van der Waals surface area contributed by atoms with Crippen LogP contribution in [0.2, 0.25) is 0 Å². The minimum Gasteiger partial charge on any atom is -0.490 e. The quantitative estimate of drug-likeness (QED) is 0.722. The molecule has 2 aromatic carbocycles. The number of benzene rings is 2. The first-order valence-corrected chi connectivity index (χ1v) is 7.72. The Hall–Kier alpha value is -1.74. The minimum atomic E-state index is 0.535. The van der Waals surface area contributed by atoms with Crippen LogP contribution < -0.4 is 10.1 Å². The van der Waals surface area contributed by atoms with Crippen molar-refractivity contribution in [2.24, 2.45) is 0 Å². The molecule has 0 aromatic heterocycles. The Bertz CT molecular complexity index is 597. The molecule has 0 unspecified atom stereocenters. The lowest BCUT2D eigenvalue weighted by atomic mass is 10.1. The van der Waals surface area contributed by atoms with Gasteiger partial charge >= 0.3 is 0 Å². The van der Waals surface area contributed by atoms with Crippen LogP contribution >= 0.6 is 15.9 Å². The molecular formula is C18H20BrNO. The highest BCUT2D eigenvalue weighted by Crippen LogP contribution is 2.28. The number of rotatable bonds is 6. The highest BCUT2D eigenvalue weighted by atomic mass is 79.9. The molecule has 0 aliphatic carbocycles. The standard InChI is InChI=1S/C18H20BrNO/c1-4-9-21-16-7-5-15(6-8-16)12-20-18-14(3)10-13(2)11-17(18)19/h4-8,10-11,20H,1,9,12H2,2-3H3. The van der Waals surface area contributed by atoms with Gasteiger partial charge in [-0.2, -0.15) is 0 Å². The predicted molar refractivity (Wildman–Crippen MR) is 93.1 cm³/mol. The van der Waals surface area contributed by atoms with Gasteiger partial charge in [-0.1, -0.05) is 30.9 Å². The van der Waals surface area contributed by atoms with E-state index in [-0.39, 0.29) is 0 Å². The lowest BCUT2D eigenvalue weighted by Gasteiger charge is -2.13. The molecule has 21 heavy (non-hydrogen) atoms. The topological polar surface area (TPSA) is 21.3 Å². The Balaban J connectivity index is 2.01. The van der Waals surface area contributed by atoms with Gasteiger partial charge in [0, 0.05) is 11.0 Å². The monoisotopic (exact) mass is 345 g/mol. The van der Waals surface area contributed by atoms with E-state index in [4.69, 9.17) is 4.74 Å². The summed E-state index contributed by atoms with van der Waals surface area (Å²) in [7, 11) is 0. The molecule has 0 spiro atoms. The van der Waals surface area contributed by atoms with Crippen molar-refractivity contribution in [2.75, 3.05) is 11.9 Å². The Labute approximate surface area is 135 Å². The first-order valence-electron chi connectivity index (χ1n) is 6.93. The average molecular weight is 346 g/mol. The molecule has 0 atom stereocenters. The summed E-state index contributed by atoms with van der Waals surface area (Å²) in [6.45, 7) is 9.17. The van der Waals surface area contributed by atoms with Gasteiger partial charge in [-0.25, -0.2) is 0 Å². The molecule has 1 N–H and O–H groups in total. The smallest absolute Gasteiger partial charge is 0.119 e. The number of anilines is 1. The molecular weight excluding hydrogens is 326 g/mol. The summed E-state index contributed by atoms with van der Waals surface area (Å²) < 4.78 is 6.58. The number of halogens is 1. The summed E-state index contributed by atoms with van der Waals surface area (Å²) in [6.07, 6.45) is 1.74. The summed E-state index contributed by atoms with van der Waals surface area (Å²) in [5.41, 5.74) is 4.86. The van der Waals surface area contributed by atoms with Crippen LogP contribution in [0.25, 0.3) is 0 Å². The molecule has 3 heteroatoms. The minimum absolute atomic E-state index is 0.535. The molecule has 2 aromatic rings. The molecule has 0 bridgehead atoms. The van der Waals surface area contributed by atoms with Crippen molar-refractivity contribution < 1.29 is 4.74 Å². The highest BCUT2D eigenvalue weighted by molar-refractivity contribution is 9.10. The van der Waals surface area contributed by atoms with E-state index in [0.29, 0.717) is 6.61 Å². The maximum Gasteiger partial charge on any atom is 0.119 e. The van der Waals surface area contributed by atoms with Crippen molar-refractivity contribution in [3.8, 4) is 5.75 Å². The van der Waals surface area contributed by atoms with Crippen molar-refractivity contribution >= 4 is 21.6 Å². The van der Waals surface area contributed by atoms with Crippen LogP contribution in [0.15, 0.2) is 53.5 Å². The first kappa shape index (κ1) is 15.6. The van der Waals surface area contributed by atoms with E-state index in [1.165, 1.54) is 16.7 Å². The second-order valence-electron chi connectivity index (χ2n) is 5.04. The average Bonchev–Trinajstić information content (AvgIpc) is 2.45. The van der Waals surface area contributed by atoms with Crippen molar-refractivity contribution in [1.82, 2.24) is 0 Å². The van der Waals surface area contributed by atoms with E-state index in [9.17, 15) is 0 Å². The van der Waals surface area contributed by atoms with Crippen molar-refractivity contribution in [3.05, 3.63) is 70.2 Å². The summed E-state index contributed by atoms with van der Waals surface area (Å²) in [6, 6.07) is 12.4. The van der Waals surface area contributed by atoms with Crippen LogP contribution in [0, 0.1) is 13.8 Å². The molecule has 2 nitrogen and oxygen atoms in total. The lowest BCUT2D eigenvalue weighted by Crippen LogP contribution is -2.02. The number of ether oxygens (including phenoxy) is 1. The zero-order valence-corrected chi connectivity index (χ0v) is 14.0. The van der Waals surface area contributed by atoms with Crippen LogP contribution in [0.4, 0.5) is 5.69 Å². The third-order valence-corrected chi connectivity index (χ3v) is 3.82. The van der Waals surface area contributed by atoms with Gasteiger partial charge in [0.1, 0.15) is 12.4 Å². The van der Waals surface area contributed by atoms with Gasteiger partial charge in [0.15, 0.2) is 0 Å². The molecule has 0 aliphatic heterocycles. The second-order valence-corrected chi connectivity index (χ2v) is 5.89. The largest absolute Gasteiger partial charge is 0.490 e.